The van der Waals surface area contributed by atoms with Crippen LogP contribution in [0.4, 0.5) is 5.69 Å². The zero-order valence-electron chi connectivity index (χ0n) is 18.4. The van der Waals surface area contributed by atoms with Gasteiger partial charge in [0.05, 0.1) is 12.7 Å². The summed E-state index contributed by atoms with van der Waals surface area (Å²) in [7, 11) is 0. The van der Waals surface area contributed by atoms with Crippen LogP contribution in [0.5, 0.6) is 0 Å². The van der Waals surface area contributed by atoms with Crippen LogP contribution in [-0.4, -0.2) is 76.8 Å². The normalized spacial score (nSPS) is 23.8. The van der Waals surface area contributed by atoms with E-state index in [4.69, 9.17) is 4.74 Å². The molecule has 3 amide bonds. The number of morpholine rings is 1. The zero-order chi connectivity index (χ0) is 22.5. The van der Waals surface area contributed by atoms with Crippen molar-refractivity contribution in [1.82, 2.24) is 9.80 Å². The topological polar surface area (TPSA) is 91.3 Å². The van der Waals surface area contributed by atoms with E-state index in [9.17, 15) is 14.4 Å². The van der Waals surface area contributed by atoms with Crippen molar-refractivity contribution in [2.75, 3.05) is 38.1 Å². The Morgan fingerprint density at radius 3 is 2.81 bits per heavy atom. The molecular weight excluding hydrogens is 428 g/mol. The molecule has 2 unspecified atom stereocenters. The summed E-state index contributed by atoms with van der Waals surface area (Å²) in [6, 6.07) is 6.95. The first kappa shape index (κ1) is 22.8. The number of aliphatic imine (C=N–C) groups is 1. The Morgan fingerprint density at radius 2 is 2.03 bits per heavy atom. The van der Waals surface area contributed by atoms with Gasteiger partial charge < -0.3 is 19.9 Å². The molecule has 1 N–H and O–H groups in total. The number of rotatable bonds is 5. The number of piperidine rings is 1. The molecule has 8 nitrogen and oxygen atoms in total. The first-order valence-electron chi connectivity index (χ1n) is 11.4. The van der Waals surface area contributed by atoms with E-state index in [1.807, 2.05) is 6.92 Å². The molecule has 1 aromatic rings. The zero-order valence-corrected chi connectivity index (χ0v) is 19.2. The van der Waals surface area contributed by atoms with Gasteiger partial charge in [-0.15, -0.1) is 0 Å². The van der Waals surface area contributed by atoms with Crippen LogP contribution >= 0.6 is 11.8 Å². The lowest BCUT2D eigenvalue weighted by atomic mass is 10.1. The summed E-state index contributed by atoms with van der Waals surface area (Å²) >= 11 is 1.39. The average molecular weight is 459 g/mol. The Morgan fingerprint density at radius 1 is 1.22 bits per heavy atom. The first-order valence-corrected chi connectivity index (χ1v) is 12.3. The second kappa shape index (κ2) is 10.5. The fourth-order valence-electron chi connectivity index (χ4n) is 4.17. The van der Waals surface area contributed by atoms with E-state index >= 15 is 0 Å². The number of likely N-dealkylation sites (tertiary alicyclic amines) is 1. The number of hydrogen-bond acceptors (Lipinski definition) is 6. The number of amidine groups is 1. The Balaban J connectivity index is 1.32. The predicted octanol–water partition coefficient (Wildman–Crippen LogP) is 2.75. The number of benzene rings is 1. The molecular formula is C23H30N4O4S. The van der Waals surface area contributed by atoms with E-state index in [0.717, 1.165) is 37.5 Å². The minimum Gasteiger partial charge on any atom is -0.375 e. The van der Waals surface area contributed by atoms with Crippen molar-refractivity contribution in [2.45, 2.75) is 50.4 Å². The maximum absolute atomic E-state index is 12.9. The van der Waals surface area contributed by atoms with Crippen molar-refractivity contribution in [1.29, 1.82) is 0 Å². The van der Waals surface area contributed by atoms with Crippen LogP contribution in [0.25, 0.3) is 0 Å². The number of nitrogens with one attached hydrogen (secondary N) is 1. The molecule has 9 heteroatoms. The molecule has 1 aromatic carbocycles. The highest BCUT2D eigenvalue weighted by Crippen LogP contribution is 2.29. The summed E-state index contributed by atoms with van der Waals surface area (Å²) < 4.78 is 5.65. The van der Waals surface area contributed by atoms with Gasteiger partial charge in [0.25, 0.3) is 11.8 Å². The monoisotopic (exact) mass is 458 g/mol. The van der Waals surface area contributed by atoms with Crippen molar-refractivity contribution < 1.29 is 19.1 Å². The lowest BCUT2D eigenvalue weighted by Gasteiger charge is -2.32. The lowest BCUT2D eigenvalue weighted by molar-refractivity contribution is -0.121. The quantitative estimate of drug-likeness (QED) is 0.730. The molecule has 3 aliphatic rings. The number of hydrogen-bond donors (Lipinski definition) is 1. The number of nitrogens with zero attached hydrogens (tertiary/aromatic N) is 3. The molecule has 0 spiro atoms. The number of carbonyl (C=O) groups is 3. The fraction of sp³-hybridized carbons (Fsp3) is 0.565. The fourth-order valence-corrected chi connectivity index (χ4v) is 5.29. The summed E-state index contributed by atoms with van der Waals surface area (Å²) in [6.45, 7) is 5.55. The third-order valence-corrected chi connectivity index (χ3v) is 7.21. The molecule has 0 aliphatic carbocycles. The Kier molecular flexibility index (Phi) is 7.47. The summed E-state index contributed by atoms with van der Waals surface area (Å²) in [5, 5.41) is 3.09. The van der Waals surface area contributed by atoms with Crippen molar-refractivity contribution in [3.63, 3.8) is 0 Å². The molecule has 0 aromatic heterocycles. The third kappa shape index (κ3) is 5.50. The van der Waals surface area contributed by atoms with Crippen molar-refractivity contribution in [3.05, 3.63) is 29.8 Å². The molecule has 172 valence electrons. The van der Waals surface area contributed by atoms with Gasteiger partial charge in [-0.25, -0.2) is 0 Å². The van der Waals surface area contributed by atoms with Gasteiger partial charge in [0.1, 0.15) is 5.25 Å². The molecule has 0 bridgehead atoms. The average Bonchev–Trinajstić information content (AvgIpc) is 3.19. The van der Waals surface area contributed by atoms with E-state index in [1.54, 1.807) is 29.2 Å². The van der Waals surface area contributed by atoms with Gasteiger partial charge in [-0.2, -0.15) is 4.99 Å². The molecule has 2 saturated heterocycles. The summed E-state index contributed by atoms with van der Waals surface area (Å²) in [5.74, 6) is -0.565. The Hall–Kier alpha value is -2.39. The van der Waals surface area contributed by atoms with Crippen LogP contribution in [0.2, 0.25) is 0 Å². The maximum Gasteiger partial charge on any atom is 0.262 e. The van der Waals surface area contributed by atoms with Crippen LogP contribution in [-0.2, 0) is 14.3 Å². The third-order valence-electron chi connectivity index (χ3n) is 6.00. The van der Waals surface area contributed by atoms with E-state index in [0.29, 0.717) is 30.9 Å². The summed E-state index contributed by atoms with van der Waals surface area (Å²) in [4.78, 5) is 45.9. The molecule has 2 fully saturated rings. The van der Waals surface area contributed by atoms with E-state index < -0.39 is 5.25 Å². The van der Waals surface area contributed by atoms with Gasteiger partial charge in [0, 0.05) is 43.9 Å². The van der Waals surface area contributed by atoms with Crippen molar-refractivity contribution in [2.24, 2.45) is 4.99 Å². The van der Waals surface area contributed by atoms with Crippen LogP contribution in [0.15, 0.2) is 29.3 Å². The van der Waals surface area contributed by atoms with E-state index in [1.165, 1.54) is 18.2 Å². The van der Waals surface area contributed by atoms with Gasteiger partial charge in [0.15, 0.2) is 5.17 Å². The summed E-state index contributed by atoms with van der Waals surface area (Å²) in [5.41, 5.74) is 1.08. The lowest BCUT2D eigenvalue weighted by Crippen LogP contribution is -2.45. The molecule has 2 atom stereocenters. The maximum atomic E-state index is 12.9. The van der Waals surface area contributed by atoms with Gasteiger partial charge in [0.2, 0.25) is 5.91 Å². The van der Waals surface area contributed by atoms with E-state index in [-0.39, 0.29) is 30.2 Å². The van der Waals surface area contributed by atoms with Crippen LogP contribution in [0, 0.1) is 0 Å². The number of anilines is 1. The molecule has 4 rings (SSSR count). The van der Waals surface area contributed by atoms with Gasteiger partial charge in [-0.05, 0) is 43.9 Å². The second-order valence-corrected chi connectivity index (χ2v) is 9.54. The highest BCUT2D eigenvalue weighted by Gasteiger charge is 2.33. The second-order valence-electron chi connectivity index (χ2n) is 8.37. The van der Waals surface area contributed by atoms with Crippen molar-refractivity contribution in [3.8, 4) is 0 Å². The minimum atomic E-state index is -0.490. The number of thioether (sulfide) groups is 1. The standard InChI is InChI=1S/C23H30N4O4S/c1-2-18-15-27(11-12-31-18)22(30)16-7-6-8-17(13-16)24-20(28)14-19-21(29)25-23(32-19)26-9-4-3-5-10-26/h6-8,13,18-19H,2-5,9-12,14-15H2,1H3,(H,24,28). The number of carbonyl (C=O) groups excluding carboxylic acids is 3. The molecule has 0 radical (unpaired) electrons. The largest absolute Gasteiger partial charge is 0.375 e. The Labute approximate surface area is 192 Å². The smallest absolute Gasteiger partial charge is 0.262 e. The van der Waals surface area contributed by atoms with Crippen LogP contribution in [0.3, 0.4) is 0 Å². The summed E-state index contributed by atoms with van der Waals surface area (Å²) in [6.07, 6.45) is 4.41. The Bertz CT molecular complexity index is 900. The molecule has 3 aliphatic heterocycles. The first-order chi connectivity index (χ1) is 15.5. The SMILES string of the molecule is CCC1CN(C(=O)c2cccc(NC(=O)CC3SC(N4CCCCC4)=NC3=O)c2)CCO1. The number of ether oxygens (including phenoxy) is 1. The highest BCUT2D eigenvalue weighted by molar-refractivity contribution is 8.15. The minimum absolute atomic E-state index is 0.0597. The molecule has 0 saturated carbocycles. The molecule has 3 heterocycles. The van der Waals surface area contributed by atoms with Gasteiger partial charge in [-0.1, -0.05) is 24.8 Å². The van der Waals surface area contributed by atoms with Gasteiger partial charge in [-0.3, -0.25) is 14.4 Å². The van der Waals surface area contributed by atoms with Crippen molar-refractivity contribution >= 4 is 40.3 Å². The molecule has 32 heavy (non-hydrogen) atoms. The van der Waals surface area contributed by atoms with Gasteiger partial charge >= 0.3 is 0 Å². The van der Waals surface area contributed by atoms with E-state index in [2.05, 4.69) is 15.2 Å². The number of amides is 3. The predicted molar refractivity (Wildman–Crippen MR) is 125 cm³/mol. The van der Waals surface area contributed by atoms with Crippen LogP contribution in [0.1, 0.15) is 49.4 Å². The van der Waals surface area contributed by atoms with Crippen LogP contribution < -0.4 is 5.32 Å². The highest BCUT2D eigenvalue weighted by atomic mass is 32.2.